The van der Waals surface area contributed by atoms with Crippen LogP contribution in [-0.4, -0.2) is 254 Å². The van der Waals surface area contributed by atoms with E-state index in [1.165, 1.54) is 48.6 Å². The number of aliphatic imine (C=N–C) groups is 1. The summed E-state index contributed by atoms with van der Waals surface area (Å²) in [5, 5.41) is 48.5. The number of thiol groups is 4. The molecule has 0 bridgehead atoms. The van der Waals surface area contributed by atoms with Crippen LogP contribution in [0.2, 0.25) is 0 Å². The van der Waals surface area contributed by atoms with Gasteiger partial charge in [-0.15, -0.1) is 0 Å². The molecule has 1 fully saturated rings. The number of rotatable bonds is 47. The van der Waals surface area contributed by atoms with Crippen molar-refractivity contribution in [3.63, 3.8) is 0 Å². The van der Waals surface area contributed by atoms with Crippen LogP contribution in [0.1, 0.15) is 82.4 Å². The lowest BCUT2D eigenvalue weighted by Crippen LogP contribution is -2.60. The molecule has 1 aliphatic rings. The zero-order valence-corrected chi connectivity index (χ0v) is 60.3. The van der Waals surface area contributed by atoms with E-state index in [0.29, 0.717) is 24.1 Å². The predicted octanol–water partition coefficient (Wildman–Crippen LogP) is -9.55. The summed E-state index contributed by atoms with van der Waals surface area (Å²) in [6, 6.07) is -12.2. The van der Waals surface area contributed by atoms with Crippen molar-refractivity contribution in [1.82, 2.24) is 78.7 Å². The number of phenolic OH excluding ortho intramolecular Hbond substituents is 1. The lowest BCUT2D eigenvalue weighted by atomic mass is 10.0. The highest BCUT2D eigenvalue weighted by Crippen LogP contribution is 2.21. The smallest absolute Gasteiger partial charge is 0.327 e. The highest BCUT2D eigenvalue weighted by molar-refractivity contribution is 7.80. The average molecular weight is 1540 g/mol. The number of hydrogen-bond acceptors (Lipinski definition) is 25. The molecule has 2 heterocycles. The zero-order chi connectivity index (χ0) is 77.8. The Morgan fingerprint density at radius 2 is 1.06 bits per heavy atom. The summed E-state index contributed by atoms with van der Waals surface area (Å²) in [7, 11) is 0. The van der Waals surface area contributed by atoms with Crippen LogP contribution in [-0.2, 0) is 89.6 Å². The number of carbonyl (C=O) groups excluding carboxylic acids is 15. The zero-order valence-electron chi connectivity index (χ0n) is 56.8. The molecule has 1 aromatic carbocycles. The number of phenols is 1. The van der Waals surface area contributed by atoms with E-state index in [1.807, 2.05) is 0 Å². The number of benzene rings is 1. The van der Waals surface area contributed by atoms with Gasteiger partial charge in [-0.2, -0.15) is 50.5 Å². The molecule has 0 spiro atoms. The van der Waals surface area contributed by atoms with Crippen LogP contribution in [0.25, 0.3) is 0 Å². The number of H-pyrrole nitrogens is 1. The molecule has 0 aliphatic carbocycles. The molecule has 1 aromatic heterocycles. The average Bonchev–Trinajstić information content (AvgIpc) is 1.76. The molecule has 15 amide bonds. The molecule has 2 aromatic rings. The molecular formula is C60H94N22O18S4. The molecule has 1 saturated heterocycles. The second kappa shape index (κ2) is 46.1. The molecule has 0 unspecified atom stereocenters. The first kappa shape index (κ1) is 88.6. The first-order chi connectivity index (χ1) is 49.3. The summed E-state index contributed by atoms with van der Waals surface area (Å²) in [6.45, 7) is 0.242. The monoisotopic (exact) mass is 1540 g/mol. The number of primary amides is 2. The van der Waals surface area contributed by atoms with Crippen molar-refractivity contribution in [2.45, 2.75) is 156 Å². The molecule has 576 valence electrons. The number of carboxylic acids is 1. The Balaban J connectivity index is 1.73. The van der Waals surface area contributed by atoms with E-state index in [4.69, 9.17) is 34.4 Å². The van der Waals surface area contributed by atoms with Gasteiger partial charge in [0.05, 0.1) is 25.8 Å². The number of carboxylic acid groups (broad SMARTS) is 1. The molecule has 40 nitrogen and oxygen atoms in total. The normalized spacial score (nSPS) is 15.6. The number of carbonyl (C=O) groups is 16. The second-order valence-corrected chi connectivity index (χ2v) is 25.2. The van der Waals surface area contributed by atoms with Gasteiger partial charge in [-0.25, -0.2) is 9.78 Å². The molecule has 1 aliphatic heterocycles. The Kier molecular flexibility index (Phi) is 39.3. The van der Waals surface area contributed by atoms with Crippen LogP contribution in [0, 0.1) is 0 Å². The van der Waals surface area contributed by atoms with Gasteiger partial charge >= 0.3 is 5.97 Å². The van der Waals surface area contributed by atoms with Gasteiger partial charge in [0, 0.05) is 67.3 Å². The number of nitrogens with zero attached hydrogens (tertiary/aromatic N) is 3. The van der Waals surface area contributed by atoms with Gasteiger partial charge in [0.2, 0.25) is 88.6 Å². The minimum Gasteiger partial charge on any atom is -0.508 e. The van der Waals surface area contributed by atoms with E-state index in [-0.39, 0.29) is 93.5 Å². The lowest BCUT2D eigenvalue weighted by molar-refractivity contribution is -0.142. The number of aromatic nitrogens is 2. The second-order valence-electron chi connectivity index (χ2n) is 23.7. The molecule has 3 rings (SSSR count). The van der Waals surface area contributed by atoms with Crippen molar-refractivity contribution < 1.29 is 86.9 Å². The number of imidazole rings is 1. The maximum absolute atomic E-state index is 14.5. The lowest BCUT2D eigenvalue weighted by Gasteiger charge is -2.30. The van der Waals surface area contributed by atoms with Gasteiger partial charge in [0.25, 0.3) is 0 Å². The Labute approximate surface area is 619 Å². The van der Waals surface area contributed by atoms with E-state index < -0.39 is 205 Å². The minimum atomic E-state index is -1.90. The van der Waals surface area contributed by atoms with Crippen molar-refractivity contribution in [3.05, 3.63) is 48.0 Å². The van der Waals surface area contributed by atoms with Gasteiger partial charge in [-0.1, -0.05) is 12.1 Å². The highest BCUT2D eigenvalue weighted by Gasteiger charge is 2.41. The molecule has 27 N–H and O–H groups in total. The largest absolute Gasteiger partial charge is 0.508 e. The molecular weight excluding hydrogens is 1450 g/mol. The number of likely N-dealkylation sites (tertiary alicyclic amines) is 1. The number of amides is 15. The van der Waals surface area contributed by atoms with Crippen LogP contribution in [0.15, 0.2) is 41.8 Å². The molecule has 0 saturated carbocycles. The summed E-state index contributed by atoms with van der Waals surface area (Å²) < 4.78 is 0. The fourth-order valence-electron chi connectivity index (χ4n) is 10.0. The summed E-state index contributed by atoms with van der Waals surface area (Å²) >= 11 is 16.6. The van der Waals surface area contributed by atoms with Gasteiger partial charge < -0.3 is 118 Å². The standard InChI is InChI=1S/C60H94N22O18S4/c1-29(71-57(97)43-8-5-17-82(43)58(98)38(19-31-22-67-28-70-31)77-55(95)40(25-102)80-56(96)41(26-103)79-50(90)33(72-46(86)21-62)7-4-16-68-60(65)66)48(88)78-39(24-101)49(89)69-23-47(87)73-35(13-14-44(63)84)52(92)76-37(20-45(64)85)54(94)75-36(18-30-9-11-32(83)12-10-30)53(93)74-34(6-2-3-15-61)51(91)81-42(27-104)59(99)100/h9-12,22,28-29,33-43,83,101-104H,2-8,13-21,23-27,61-62H2,1H3,(H2,63,84)(H2,64,85)(H,67,70)(H,69,89)(H,71,97)(H,72,86)(H,73,87)(H,74,93)(H,75,94)(H,76,92)(H,77,95)(H,78,88)(H,79,90)(H,80,96)(H,81,91)(H,99,100)(H4,65,66,68)/t29-,33-,34-,35-,36-,37-,38-,39-,40-,41-,42-,43-/m0/s1. The fourth-order valence-corrected chi connectivity index (χ4v) is 11.1. The van der Waals surface area contributed by atoms with Crippen molar-refractivity contribution >= 4 is 151 Å². The summed E-state index contributed by atoms with van der Waals surface area (Å²) in [6.07, 6.45) is 1.48. The van der Waals surface area contributed by atoms with Crippen LogP contribution in [0.5, 0.6) is 5.75 Å². The van der Waals surface area contributed by atoms with E-state index in [9.17, 15) is 86.9 Å². The molecule has 12 atom stereocenters. The number of nitrogens with two attached hydrogens (primary N) is 6. The summed E-state index contributed by atoms with van der Waals surface area (Å²) in [4.78, 5) is 226. The van der Waals surface area contributed by atoms with Crippen molar-refractivity contribution in [1.29, 1.82) is 0 Å². The number of aliphatic carboxylic acids is 1. The third-order valence-corrected chi connectivity index (χ3v) is 17.1. The number of guanidine groups is 1. The Morgan fingerprint density at radius 3 is 1.60 bits per heavy atom. The quantitative estimate of drug-likeness (QED) is 0.0127. The van der Waals surface area contributed by atoms with Gasteiger partial charge in [0.1, 0.15) is 78.3 Å². The number of hydrogen-bond donors (Lipinski definition) is 25. The number of aromatic hydroxyl groups is 1. The summed E-state index contributed by atoms with van der Waals surface area (Å²) in [5.41, 5.74) is 33.4. The molecule has 104 heavy (non-hydrogen) atoms. The van der Waals surface area contributed by atoms with Gasteiger partial charge in [0.15, 0.2) is 5.96 Å². The van der Waals surface area contributed by atoms with Crippen LogP contribution in [0.3, 0.4) is 0 Å². The van der Waals surface area contributed by atoms with Crippen molar-refractivity contribution in [3.8, 4) is 5.75 Å². The fraction of sp³-hybridized carbons (Fsp3) is 0.567. The van der Waals surface area contributed by atoms with Gasteiger partial charge in [-0.3, -0.25) is 76.9 Å². The third kappa shape index (κ3) is 31.1. The number of nitrogens with one attached hydrogen (secondary N) is 13. The molecule has 0 radical (unpaired) electrons. The van der Waals surface area contributed by atoms with E-state index in [1.54, 1.807) is 0 Å². The number of aromatic amines is 1. The van der Waals surface area contributed by atoms with E-state index in [2.05, 4.69) is 129 Å². The SMILES string of the molecule is C[C@H](NC(=O)[C@@H]1CCCN1C(=O)[C@H](Cc1cnc[nH]1)NC(=O)[C@H](CS)NC(=O)[C@H](CS)NC(=O)[C@H](CCCN=C(N)N)NC(=O)CN)C(=O)N[C@@H](CS)C(=O)NCC(=O)N[C@@H](CCC(N)=O)C(=O)N[C@@H](CC(N)=O)C(=O)N[C@@H](Cc1ccc(O)cc1)C(=O)N[C@@H](CCCCN)C(=O)N[C@@H](CS)C(=O)O. The van der Waals surface area contributed by atoms with Gasteiger partial charge in [-0.05, 0) is 82.5 Å². The Morgan fingerprint density at radius 1 is 0.567 bits per heavy atom. The first-order valence-electron chi connectivity index (χ1n) is 32.6. The van der Waals surface area contributed by atoms with Crippen LogP contribution < -0.4 is 98.2 Å². The minimum absolute atomic E-state index is 0.00964. The highest BCUT2D eigenvalue weighted by atomic mass is 32.1. The number of unbranched alkanes of at least 4 members (excludes halogenated alkanes) is 1. The van der Waals surface area contributed by atoms with Crippen molar-refractivity contribution in [2.75, 3.05) is 55.7 Å². The van der Waals surface area contributed by atoms with E-state index >= 15 is 0 Å². The summed E-state index contributed by atoms with van der Waals surface area (Å²) in [5.74, 6) is -17.4. The van der Waals surface area contributed by atoms with Crippen molar-refractivity contribution in [2.24, 2.45) is 39.4 Å². The van der Waals surface area contributed by atoms with E-state index in [0.717, 1.165) is 0 Å². The topological polar surface area (TPSA) is 658 Å². The van der Waals surface area contributed by atoms with Crippen LogP contribution >= 0.6 is 50.5 Å². The predicted molar refractivity (Wildman–Crippen MR) is 386 cm³/mol. The third-order valence-electron chi connectivity index (χ3n) is 15.6. The Hall–Kier alpha value is -9.66. The maximum atomic E-state index is 14.5. The Bertz CT molecular complexity index is 3340. The maximum Gasteiger partial charge on any atom is 0.327 e. The molecule has 44 heteroatoms. The van der Waals surface area contributed by atoms with Crippen LogP contribution in [0.4, 0.5) is 0 Å². The first-order valence-corrected chi connectivity index (χ1v) is 35.2.